The van der Waals surface area contributed by atoms with E-state index in [9.17, 15) is 9.59 Å². The van der Waals surface area contributed by atoms with Crippen molar-refractivity contribution in [3.63, 3.8) is 0 Å². The van der Waals surface area contributed by atoms with Gasteiger partial charge in [-0.2, -0.15) is 0 Å². The van der Waals surface area contributed by atoms with E-state index >= 15 is 0 Å². The third kappa shape index (κ3) is 1.62. The van der Waals surface area contributed by atoms with Crippen molar-refractivity contribution >= 4 is 12.6 Å². The van der Waals surface area contributed by atoms with Crippen molar-refractivity contribution in [1.29, 1.82) is 0 Å². The lowest BCUT2D eigenvalue weighted by atomic mass is 9.62. The standard InChI is InChI=1S/C12H16O2/c13-7-9-3-1-5-11-10(8-14)4-2-6-12(9)11/h9-12H,1-6H2. The van der Waals surface area contributed by atoms with Gasteiger partial charge in [-0.05, 0) is 37.5 Å². The number of hydrogen-bond donors (Lipinski definition) is 0. The van der Waals surface area contributed by atoms with Crippen LogP contribution >= 0.6 is 0 Å². The number of hydrogen-bond acceptors (Lipinski definition) is 2. The van der Waals surface area contributed by atoms with Crippen LogP contribution < -0.4 is 0 Å². The van der Waals surface area contributed by atoms with Crippen LogP contribution in [0.5, 0.6) is 0 Å². The van der Waals surface area contributed by atoms with Crippen LogP contribution in [0.4, 0.5) is 0 Å². The molecule has 2 fully saturated rings. The van der Waals surface area contributed by atoms with Crippen LogP contribution in [0.2, 0.25) is 0 Å². The second kappa shape index (κ2) is 4.24. The Labute approximate surface area is 85.1 Å². The van der Waals surface area contributed by atoms with Gasteiger partial charge >= 0.3 is 0 Å². The molecule has 76 valence electrons. The molecule has 0 heterocycles. The number of rotatable bonds is 2. The first-order valence-electron chi connectivity index (χ1n) is 5.62. The van der Waals surface area contributed by atoms with Crippen molar-refractivity contribution in [2.24, 2.45) is 23.7 Å². The van der Waals surface area contributed by atoms with Crippen molar-refractivity contribution < 1.29 is 9.59 Å². The number of fused-ring (bicyclic) bond motifs is 1. The van der Waals surface area contributed by atoms with Crippen LogP contribution in [-0.4, -0.2) is 12.6 Å². The molecule has 0 aromatic rings. The fourth-order valence-electron chi connectivity index (χ4n) is 3.30. The van der Waals surface area contributed by atoms with Gasteiger partial charge in [0.25, 0.3) is 0 Å². The molecule has 2 aliphatic carbocycles. The first kappa shape index (κ1) is 9.88. The molecule has 0 aromatic heterocycles. The van der Waals surface area contributed by atoms with E-state index in [1.54, 1.807) is 0 Å². The maximum Gasteiger partial charge on any atom is 0.202 e. The molecule has 0 N–H and O–H groups in total. The molecule has 14 heavy (non-hydrogen) atoms. The highest BCUT2D eigenvalue weighted by molar-refractivity contribution is 5.58. The van der Waals surface area contributed by atoms with Crippen LogP contribution in [0, 0.1) is 23.7 Å². The molecule has 4 unspecified atom stereocenters. The van der Waals surface area contributed by atoms with E-state index in [1.165, 1.54) is 0 Å². The van der Waals surface area contributed by atoms with Gasteiger partial charge in [0.05, 0.1) is 0 Å². The van der Waals surface area contributed by atoms with E-state index in [0.717, 1.165) is 38.5 Å². The van der Waals surface area contributed by atoms with Crippen LogP contribution in [-0.2, 0) is 9.59 Å². The zero-order valence-corrected chi connectivity index (χ0v) is 8.37. The SMILES string of the molecule is O=[C]C1CCCC2C([C]=O)CCCC12. The van der Waals surface area contributed by atoms with Gasteiger partial charge in [0, 0.05) is 11.8 Å². The minimum Gasteiger partial charge on any atom is -0.291 e. The maximum atomic E-state index is 10.8. The van der Waals surface area contributed by atoms with Crippen molar-refractivity contribution in [3.05, 3.63) is 0 Å². The third-order valence-corrected chi connectivity index (χ3v) is 3.99. The fraction of sp³-hybridized carbons (Fsp3) is 0.833. The number of carbonyl (C=O) groups excluding carboxylic acids is 2. The highest BCUT2D eigenvalue weighted by Crippen LogP contribution is 2.45. The summed E-state index contributed by atoms with van der Waals surface area (Å²) in [5.74, 6) is 1.07. The van der Waals surface area contributed by atoms with Crippen LogP contribution in [0.1, 0.15) is 38.5 Å². The Balaban J connectivity index is 2.12. The molecule has 4 atom stereocenters. The van der Waals surface area contributed by atoms with Crippen molar-refractivity contribution in [2.45, 2.75) is 38.5 Å². The summed E-state index contributed by atoms with van der Waals surface area (Å²) in [5, 5.41) is 0. The normalized spacial score (nSPS) is 42.6. The lowest BCUT2D eigenvalue weighted by molar-refractivity contribution is 0.108. The molecule has 2 heteroatoms. The molecule has 2 radical (unpaired) electrons. The Morgan fingerprint density at radius 1 is 0.714 bits per heavy atom. The van der Waals surface area contributed by atoms with Crippen molar-refractivity contribution in [1.82, 2.24) is 0 Å². The van der Waals surface area contributed by atoms with E-state index in [4.69, 9.17) is 0 Å². The van der Waals surface area contributed by atoms with Gasteiger partial charge in [-0.3, -0.25) is 9.59 Å². The highest BCUT2D eigenvalue weighted by Gasteiger charge is 2.40. The molecular weight excluding hydrogens is 176 g/mol. The van der Waals surface area contributed by atoms with Gasteiger partial charge in [0.15, 0.2) is 0 Å². The molecule has 0 amide bonds. The fourth-order valence-corrected chi connectivity index (χ4v) is 3.30. The predicted octanol–water partition coefficient (Wildman–Crippen LogP) is 2.04. The van der Waals surface area contributed by atoms with E-state index in [2.05, 4.69) is 12.6 Å². The molecule has 0 saturated heterocycles. The average Bonchev–Trinajstić information content (AvgIpc) is 2.27. The minimum atomic E-state index is 0.102. The Kier molecular flexibility index (Phi) is 2.99. The molecule has 2 saturated carbocycles. The van der Waals surface area contributed by atoms with Crippen LogP contribution in [0.25, 0.3) is 0 Å². The Morgan fingerprint density at radius 3 is 1.50 bits per heavy atom. The Morgan fingerprint density at radius 2 is 1.14 bits per heavy atom. The van der Waals surface area contributed by atoms with Gasteiger partial charge in [0.1, 0.15) is 0 Å². The zero-order valence-electron chi connectivity index (χ0n) is 8.37. The first-order valence-corrected chi connectivity index (χ1v) is 5.62. The summed E-state index contributed by atoms with van der Waals surface area (Å²) in [6, 6.07) is 0. The average molecular weight is 192 g/mol. The molecule has 0 aromatic carbocycles. The lowest BCUT2D eigenvalue weighted by Gasteiger charge is -2.41. The van der Waals surface area contributed by atoms with E-state index in [0.29, 0.717) is 11.8 Å². The topological polar surface area (TPSA) is 34.1 Å². The van der Waals surface area contributed by atoms with Crippen molar-refractivity contribution in [3.8, 4) is 0 Å². The summed E-state index contributed by atoms with van der Waals surface area (Å²) in [6.07, 6.45) is 10.7. The zero-order chi connectivity index (χ0) is 9.97. The smallest absolute Gasteiger partial charge is 0.202 e. The maximum absolute atomic E-state index is 10.8. The van der Waals surface area contributed by atoms with Crippen LogP contribution in [0.3, 0.4) is 0 Å². The van der Waals surface area contributed by atoms with Gasteiger partial charge in [-0.1, -0.05) is 12.8 Å². The van der Waals surface area contributed by atoms with Gasteiger partial charge in [-0.25, -0.2) is 0 Å². The summed E-state index contributed by atoms with van der Waals surface area (Å²) in [7, 11) is 0. The van der Waals surface area contributed by atoms with E-state index < -0.39 is 0 Å². The molecule has 2 nitrogen and oxygen atoms in total. The van der Waals surface area contributed by atoms with Gasteiger partial charge in [0.2, 0.25) is 12.6 Å². The molecule has 0 aliphatic heterocycles. The third-order valence-electron chi connectivity index (χ3n) is 3.99. The van der Waals surface area contributed by atoms with Crippen LogP contribution in [0.15, 0.2) is 0 Å². The quantitative estimate of drug-likeness (QED) is 0.671. The summed E-state index contributed by atoms with van der Waals surface area (Å²) >= 11 is 0. The van der Waals surface area contributed by atoms with E-state index in [1.807, 2.05) is 0 Å². The lowest BCUT2D eigenvalue weighted by Crippen LogP contribution is -2.37. The first-order chi connectivity index (χ1) is 6.86. The second-order valence-corrected chi connectivity index (χ2v) is 4.64. The largest absolute Gasteiger partial charge is 0.291 e. The summed E-state index contributed by atoms with van der Waals surface area (Å²) in [5.41, 5.74) is 0. The van der Waals surface area contributed by atoms with Gasteiger partial charge < -0.3 is 0 Å². The molecule has 2 aliphatic rings. The molecule has 0 bridgehead atoms. The highest BCUT2D eigenvalue weighted by atomic mass is 16.1. The molecule has 2 rings (SSSR count). The minimum absolute atomic E-state index is 0.102. The second-order valence-electron chi connectivity index (χ2n) is 4.64. The Bertz CT molecular complexity index is 200. The Hall–Kier alpha value is -0.660. The monoisotopic (exact) mass is 192 g/mol. The predicted molar refractivity (Wildman–Crippen MR) is 53.0 cm³/mol. The van der Waals surface area contributed by atoms with Crippen molar-refractivity contribution in [2.75, 3.05) is 0 Å². The van der Waals surface area contributed by atoms with E-state index in [-0.39, 0.29) is 11.8 Å². The molecule has 0 spiro atoms. The summed E-state index contributed by atoms with van der Waals surface area (Å²) in [4.78, 5) is 21.6. The van der Waals surface area contributed by atoms with Gasteiger partial charge in [-0.15, -0.1) is 0 Å². The summed E-state index contributed by atoms with van der Waals surface area (Å²) in [6.45, 7) is 0. The molecular formula is C12H16O2. The summed E-state index contributed by atoms with van der Waals surface area (Å²) < 4.78 is 0.